The van der Waals surface area contributed by atoms with Gasteiger partial charge in [0, 0.05) is 0 Å². The van der Waals surface area contributed by atoms with Gasteiger partial charge < -0.3 is 4.48 Å². The molecule has 0 rings (SSSR count). The first kappa shape index (κ1) is 27.0. The number of quaternary nitrogens is 1. The van der Waals surface area contributed by atoms with Crippen LogP contribution in [0.1, 0.15) is 143 Å². The molecule has 0 N–H and O–H groups in total. The zero-order chi connectivity index (χ0) is 20.2. The van der Waals surface area contributed by atoms with Crippen LogP contribution in [0.15, 0.2) is 0 Å². The first-order valence-corrected chi connectivity index (χ1v) is 12.9. The summed E-state index contributed by atoms with van der Waals surface area (Å²) in [7, 11) is 5.03. The van der Waals surface area contributed by atoms with E-state index in [1.54, 1.807) is 0 Å². The number of unbranched alkanes of at least 4 members (excludes halogenated alkanes) is 14. The fourth-order valence-corrected chi connectivity index (χ4v) is 4.46. The molecule has 0 fully saturated rings. The van der Waals surface area contributed by atoms with Crippen molar-refractivity contribution < 1.29 is 4.48 Å². The number of nitrogens with zero attached hydrogens (tertiary/aromatic N) is 1. The van der Waals surface area contributed by atoms with Crippen molar-refractivity contribution >= 4 is 0 Å². The molecule has 164 valence electrons. The van der Waals surface area contributed by atoms with Gasteiger partial charge in [0.05, 0.1) is 26.7 Å². The molecule has 0 amide bonds. The third-order valence-electron chi connectivity index (χ3n) is 6.61. The van der Waals surface area contributed by atoms with Gasteiger partial charge in [0.25, 0.3) is 0 Å². The molecule has 0 saturated carbocycles. The van der Waals surface area contributed by atoms with Crippen molar-refractivity contribution in [2.24, 2.45) is 0 Å². The smallest absolute Gasteiger partial charge is 0.0886 e. The van der Waals surface area contributed by atoms with Gasteiger partial charge in [-0.05, 0) is 38.5 Å². The van der Waals surface area contributed by atoms with Crippen LogP contribution in [0.4, 0.5) is 0 Å². The molecule has 0 aromatic heterocycles. The van der Waals surface area contributed by atoms with Crippen LogP contribution in [0, 0.1) is 0 Å². The fourth-order valence-electron chi connectivity index (χ4n) is 4.46. The highest BCUT2D eigenvalue weighted by atomic mass is 15.3. The van der Waals surface area contributed by atoms with E-state index in [2.05, 4.69) is 34.9 Å². The maximum atomic E-state index is 2.51. The second-order valence-electron chi connectivity index (χ2n) is 9.68. The molecule has 0 radical (unpaired) electrons. The Morgan fingerprint density at radius 2 is 0.815 bits per heavy atom. The fraction of sp³-hybridized carbons (Fsp3) is 1.00. The van der Waals surface area contributed by atoms with Gasteiger partial charge in [0.2, 0.25) is 0 Å². The Kier molecular flexibility index (Phi) is 19.3. The molecule has 0 saturated heterocycles. The summed E-state index contributed by atoms with van der Waals surface area (Å²) in [6.45, 7) is 8.36. The van der Waals surface area contributed by atoms with E-state index in [1.807, 2.05) is 0 Å². The van der Waals surface area contributed by atoms with Crippen molar-refractivity contribution in [2.45, 2.75) is 149 Å². The maximum Gasteiger partial charge on any atom is 0.0886 e. The normalized spacial score (nSPS) is 13.2. The Bertz CT molecular complexity index is 284. The van der Waals surface area contributed by atoms with Gasteiger partial charge in [0.15, 0.2) is 0 Å². The Morgan fingerprint density at radius 3 is 1.30 bits per heavy atom. The zero-order valence-electron chi connectivity index (χ0n) is 20.2. The average molecular weight is 383 g/mol. The quantitative estimate of drug-likeness (QED) is 0.137. The first-order valence-electron chi connectivity index (χ1n) is 12.9. The van der Waals surface area contributed by atoms with Crippen LogP contribution >= 0.6 is 0 Å². The summed E-state index contributed by atoms with van der Waals surface area (Å²) < 4.78 is 1.27. The lowest BCUT2D eigenvalue weighted by Gasteiger charge is -2.39. The van der Waals surface area contributed by atoms with E-state index in [9.17, 15) is 0 Å². The van der Waals surface area contributed by atoms with Crippen molar-refractivity contribution in [3.8, 4) is 0 Å². The minimum Gasteiger partial charge on any atom is -0.326 e. The largest absolute Gasteiger partial charge is 0.326 e. The van der Waals surface area contributed by atoms with Crippen LogP contribution in [0.3, 0.4) is 0 Å². The van der Waals surface area contributed by atoms with Crippen LogP contribution in [0.25, 0.3) is 0 Å². The van der Waals surface area contributed by atoms with Gasteiger partial charge in [-0.1, -0.05) is 104 Å². The summed E-state index contributed by atoms with van der Waals surface area (Å²) in [4.78, 5) is 0. The topological polar surface area (TPSA) is 0 Å². The molecule has 1 heteroatoms. The summed E-state index contributed by atoms with van der Waals surface area (Å²) >= 11 is 0. The minimum absolute atomic E-state index is 0.894. The summed E-state index contributed by atoms with van der Waals surface area (Å²) in [5, 5.41) is 0. The molecule has 0 aliphatic carbocycles. The summed E-state index contributed by atoms with van der Waals surface area (Å²) in [6.07, 6.45) is 27.3. The molecule has 0 aromatic rings. The highest BCUT2D eigenvalue weighted by Gasteiger charge is 2.26. The number of hydrogen-bond acceptors (Lipinski definition) is 0. The lowest BCUT2D eigenvalue weighted by Crippen LogP contribution is -2.49. The molecule has 0 bridgehead atoms. The van der Waals surface area contributed by atoms with E-state index in [-0.39, 0.29) is 0 Å². The Morgan fingerprint density at radius 1 is 0.444 bits per heavy atom. The van der Waals surface area contributed by atoms with Crippen molar-refractivity contribution in [1.29, 1.82) is 0 Å². The standard InChI is InChI=1S/C26H56N/c1-6-9-12-14-15-16-17-18-20-22-25-27(4,5)26(23-11-8-3)24-21-19-13-10-7-2/h26H,6-25H2,1-5H3/q+1. The molecule has 1 nitrogen and oxygen atoms in total. The molecular formula is C26H56N+. The molecule has 1 unspecified atom stereocenters. The average Bonchev–Trinajstić information content (AvgIpc) is 2.65. The van der Waals surface area contributed by atoms with Gasteiger partial charge in [-0.15, -0.1) is 0 Å². The highest BCUT2D eigenvalue weighted by Crippen LogP contribution is 2.22. The van der Waals surface area contributed by atoms with Gasteiger partial charge in [-0.3, -0.25) is 0 Å². The predicted octanol–water partition coefficient (Wildman–Crippen LogP) is 8.90. The van der Waals surface area contributed by atoms with Crippen molar-refractivity contribution in [1.82, 2.24) is 0 Å². The number of rotatable bonds is 21. The van der Waals surface area contributed by atoms with E-state index in [0.29, 0.717) is 0 Å². The molecule has 0 spiro atoms. The molecule has 0 aromatic carbocycles. The van der Waals surface area contributed by atoms with E-state index in [4.69, 9.17) is 0 Å². The predicted molar refractivity (Wildman–Crippen MR) is 126 cm³/mol. The second kappa shape index (κ2) is 19.3. The summed E-state index contributed by atoms with van der Waals surface area (Å²) in [5.41, 5.74) is 0. The van der Waals surface area contributed by atoms with Crippen molar-refractivity contribution in [2.75, 3.05) is 20.6 Å². The molecule has 27 heavy (non-hydrogen) atoms. The molecular weight excluding hydrogens is 326 g/mol. The van der Waals surface area contributed by atoms with Gasteiger partial charge in [0.1, 0.15) is 0 Å². The second-order valence-corrected chi connectivity index (χ2v) is 9.68. The van der Waals surface area contributed by atoms with E-state index < -0.39 is 0 Å². The summed E-state index contributed by atoms with van der Waals surface area (Å²) in [5.74, 6) is 0. The SMILES string of the molecule is CCCCCCCCCCCC[N+](C)(C)C(CCCC)CCCCCCC. The Hall–Kier alpha value is -0.0400. The van der Waals surface area contributed by atoms with Crippen LogP contribution < -0.4 is 0 Å². The Balaban J connectivity index is 3.91. The number of hydrogen-bond donors (Lipinski definition) is 0. The van der Waals surface area contributed by atoms with Crippen LogP contribution in [0.2, 0.25) is 0 Å². The van der Waals surface area contributed by atoms with Crippen molar-refractivity contribution in [3.05, 3.63) is 0 Å². The lowest BCUT2D eigenvalue weighted by atomic mass is 9.98. The maximum absolute atomic E-state index is 2.51. The highest BCUT2D eigenvalue weighted by molar-refractivity contribution is 4.61. The monoisotopic (exact) mass is 382 g/mol. The summed E-state index contributed by atoms with van der Waals surface area (Å²) in [6, 6.07) is 0.894. The van der Waals surface area contributed by atoms with Gasteiger partial charge >= 0.3 is 0 Å². The van der Waals surface area contributed by atoms with Crippen LogP contribution in [0.5, 0.6) is 0 Å². The van der Waals surface area contributed by atoms with Gasteiger partial charge in [-0.25, -0.2) is 0 Å². The van der Waals surface area contributed by atoms with E-state index in [1.165, 1.54) is 133 Å². The molecule has 0 heterocycles. The Labute approximate surface area is 174 Å². The zero-order valence-corrected chi connectivity index (χ0v) is 20.2. The van der Waals surface area contributed by atoms with Crippen molar-refractivity contribution in [3.63, 3.8) is 0 Å². The third-order valence-corrected chi connectivity index (χ3v) is 6.61. The molecule has 1 atom stereocenters. The van der Waals surface area contributed by atoms with E-state index in [0.717, 1.165) is 6.04 Å². The van der Waals surface area contributed by atoms with Crippen LogP contribution in [-0.2, 0) is 0 Å². The van der Waals surface area contributed by atoms with Crippen LogP contribution in [-0.4, -0.2) is 31.2 Å². The first-order chi connectivity index (χ1) is 13.1. The third kappa shape index (κ3) is 16.6. The molecule has 0 aliphatic heterocycles. The minimum atomic E-state index is 0.894. The molecule has 0 aliphatic rings. The van der Waals surface area contributed by atoms with E-state index >= 15 is 0 Å². The lowest BCUT2D eigenvalue weighted by molar-refractivity contribution is -0.916. The van der Waals surface area contributed by atoms with Gasteiger partial charge in [-0.2, -0.15) is 0 Å².